The number of hydrogen-bond donors (Lipinski definition) is 1. The Morgan fingerprint density at radius 2 is 1.60 bits per heavy atom. The maximum atomic E-state index is 14.0. The molecule has 0 aromatic heterocycles. The summed E-state index contributed by atoms with van der Waals surface area (Å²) in [5.74, 6) is -0.796. The Morgan fingerprint density at radius 3 is 2.20 bits per heavy atom. The number of methoxy groups -OCH3 is 1. The van der Waals surface area contributed by atoms with Gasteiger partial charge in [0.1, 0.15) is 18.3 Å². The molecule has 1 N–H and O–H groups in total. The highest BCUT2D eigenvalue weighted by Gasteiger charge is 2.34. The number of amides is 2. The molecule has 0 aliphatic heterocycles. The van der Waals surface area contributed by atoms with Gasteiger partial charge in [-0.25, -0.2) is 8.42 Å². The number of ether oxygens (including phenoxy) is 1. The number of benzene rings is 3. The minimum Gasteiger partial charge on any atom is -0.495 e. The molecule has 3 aromatic rings. The number of anilines is 1. The second-order valence-electron chi connectivity index (χ2n) is 10.2. The second-order valence-corrected chi connectivity index (χ2v) is 12.9. The van der Waals surface area contributed by atoms with Crippen LogP contribution in [0.25, 0.3) is 0 Å². The van der Waals surface area contributed by atoms with E-state index in [-0.39, 0.29) is 33.8 Å². The van der Waals surface area contributed by atoms with Gasteiger partial charge in [-0.05, 0) is 75.7 Å². The molecule has 0 aliphatic carbocycles. The lowest BCUT2D eigenvalue weighted by molar-refractivity contribution is -0.140. The molecule has 8 nitrogen and oxygen atoms in total. The van der Waals surface area contributed by atoms with Gasteiger partial charge >= 0.3 is 0 Å². The van der Waals surface area contributed by atoms with Crippen molar-refractivity contribution in [1.29, 1.82) is 0 Å². The van der Waals surface area contributed by atoms with Crippen molar-refractivity contribution in [3.8, 4) is 5.75 Å². The Bertz CT molecular complexity index is 1460. The predicted molar refractivity (Wildman–Crippen MR) is 158 cm³/mol. The number of carbonyl (C=O) groups excluding carboxylic acids is 2. The zero-order valence-corrected chi connectivity index (χ0v) is 25.3. The molecule has 2 amide bonds. The molecule has 0 heterocycles. The van der Waals surface area contributed by atoms with Crippen LogP contribution in [0.2, 0.25) is 10.0 Å². The summed E-state index contributed by atoms with van der Waals surface area (Å²) in [6.45, 7) is 6.49. The van der Waals surface area contributed by atoms with Gasteiger partial charge in [0.2, 0.25) is 11.8 Å². The lowest BCUT2D eigenvalue weighted by atomic mass is 10.1. The molecule has 3 rings (SSSR count). The summed E-state index contributed by atoms with van der Waals surface area (Å²) < 4.78 is 34.2. The Balaban J connectivity index is 2.10. The maximum absolute atomic E-state index is 14.0. The summed E-state index contributed by atoms with van der Waals surface area (Å²) in [7, 11) is -2.87. The van der Waals surface area contributed by atoms with Crippen molar-refractivity contribution in [3.05, 3.63) is 88.4 Å². The predicted octanol–water partition coefficient (Wildman–Crippen LogP) is 5.53. The van der Waals surface area contributed by atoms with Crippen molar-refractivity contribution < 1.29 is 22.7 Å². The Kier molecular flexibility index (Phi) is 10.1. The third-order valence-corrected chi connectivity index (χ3v) is 8.17. The smallest absolute Gasteiger partial charge is 0.264 e. The molecule has 0 radical (unpaired) electrons. The van der Waals surface area contributed by atoms with E-state index in [9.17, 15) is 18.0 Å². The van der Waals surface area contributed by atoms with E-state index in [1.807, 2.05) is 20.8 Å². The molecule has 214 valence electrons. The van der Waals surface area contributed by atoms with Crippen LogP contribution < -0.4 is 14.4 Å². The van der Waals surface area contributed by atoms with Crippen LogP contribution in [0.15, 0.2) is 77.7 Å². The molecule has 3 aromatic carbocycles. The summed E-state index contributed by atoms with van der Waals surface area (Å²) in [5, 5.41) is 3.61. The van der Waals surface area contributed by atoms with Crippen LogP contribution in [-0.2, 0) is 26.2 Å². The summed E-state index contributed by atoms with van der Waals surface area (Å²) in [6, 6.07) is 18.2. The van der Waals surface area contributed by atoms with Crippen LogP contribution in [0, 0.1) is 0 Å². The molecule has 0 saturated carbocycles. The highest BCUT2D eigenvalue weighted by molar-refractivity contribution is 7.92. The minimum absolute atomic E-state index is 0.0179. The third kappa shape index (κ3) is 7.90. The van der Waals surface area contributed by atoms with Gasteiger partial charge in [-0.15, -0.1) is 0 Å². The summed E-state index contributed by atoms with van der Waals surface area (Å²) in [4.78, 5) is 28.5. The van der Waals surface area contributed by atoms with Gasteiger partial charge in [-0.3, -0.25) is 13.9 Å². The Labute approximate surface area is 245 Å². The Morgan fingerprint density at radius 1 is 0.950 bits per heavy atom. The SMILES string of the molecule is COc1ccc(Cl)cc1N(CC(=O)N(Cc1cccc(Cl)c1)[C@H](C)C(=O)NC(C)(C)C)S(=O)(=O)c1ccccc1. The molecule has 0 bridgehead atoms. The molecule has 0 fully saturated rings. The first kappa shape index (κ1) is 31.3. The maximum Gasteiger partial charge on any atom is 0.264 e. The van der Waals surface area contributed by atoms with Crippen molar-refractivity contribution in [2.24, 2.45) is 0 Å². The first-order valence-electron chi connectivity index (χ1n) is 12.5. The molecular formula is C29H33Cl2N3O5S. The van der Waals surface area contributed by atoms with E-state index in [0.29, 0.717) is 10.6 Å². The first-order valence-corrected chi connectivity index (χ1v) is 14.7. The quantitative estimate of drug-likeness (QED) is 0.328. The minimum atomic E-state index is -4.26. The average Bonchev–Trinajstić information content (AvgIpc) is 2.89. The molecule has 40 heavy (non-hydrogen) atoms. The fourth-order valence-electron chi connectivity index (χ4n) is 3.98. The largest absolute Gasteiger partial charge is 0.495 e. The van der Waals surface area contributed by atoms with Crippen LogP contribution in [-0.4, -0.2) is 50.4 Å². The van der Waals surface area contributed by atoms with Crippen LogP contribution in [0.3, 0.4) is 0 Å². The van der Waals surface area contributed by atoms with E-state index in [1.165, 1.54) is 36.3 Å². The van der Waals surface area contributed by atoms with Gasteiger partial charge in [0, 0.05) is 22.1 Å². The van der Waals surface area contributed by atoms with Crippen LogP contribution in [0.1, 0.15) is 33.3 Å². The topological polar surface area (TPSA) is 96.0 Å². The fraction of sp³-hybridized carbons (Fsp3) is 0.310. The number of nitrogens with zero attached hydrogens (tertiary/aromatic N) is 2. The van der Waals surface area contributed by atoms with E-state index in [0.717, 1.165) is 4.31 Å². The van der Waals surface area contributed by atoms with E-state index >= 15 is 0 Å². The number of carbonyl (C=O) groups is 2. The van der Waals surface area contributed by atoms with Gasteiger partial charge in [-0.2, -0.15) is 0 Å². The number of halogens is 2. The fourth-order valence-corrected chi connectivity index (χ4v) is 5.80. The molecule has 11 heteroatoms. The van der Waals surface area contributed by atoms with E-state index < -0.39 is 34.1 Å². The summed E-state index contributed by atoms with van der Waals surface area (Å²) in [6.07, 6.45) is 0. The molecule has 1 atom stereocenters. The summed E-state index contributed by atoms with van der Waals surface area (Å²) in [5.41, 5.74) is 0.211. The molecule has 0 saturated heterocycles. The van der Waals surface area contributed by atoms with Gasteiger partial charge in [0.05, 0.1) is 17.7 Å². The Hall–Kier alpha value is -3.27. The zero-order chi connectivity index (χ0) is 29.7. The van der Waals surface area contributed by atoms with Crippen molar-refractivity contribution in [1.82, 2.24) is 10.2 Å². The van der Waals surface area contributed by atoms with Crippen molar-refractivity contribution in [2.45, 2.75) is 50.7 Å². The lowest BCUT2D eigenvalue weighted by Gasteiger charge is -2.33. The van der Waals surface area contributed by atoms with Crippen molar-refractivity contribution in [3.63, 3.8) is 0 Å². The highest BCUT2D eigenvalue weighted by atomic mass is 35.5. The van der Waals surface area contributed by atoms with Crippen LogP contribution >= 0.6 is 23.2 Å². The van der Waals surface area contributed by atoms with Gasteiger partial charge in [0.25, 0.3) is 10.0 Å². The lowest BCUT2D eigenvalue weighted by Crippen LogP contribution is -2.54. The summed E-state index contributed by atoms with van der Waals surface area (Å²) >= 11 is 12.4. The van der Waals surface area contributed by atoms with Gasteiger partial charge < -0.3 is 15.0 Å². The third-order valence-electron chi connectivity index (χ3n) is 5.93. The number of nitrogens with one attached hydrogen (secondary N) is 1. The second kappa shape index (κ2) is 12.9. The normalized spacial score (nSPS) is 12.4. The van der Waals surface area contributed by atoms with Gasteiger partial charge in [0.15, 0.2) is 0 Å². The monoisotopic (exact) mass is 605 g/mol. The van der Waals surface area contributed by atoms with Crippen LogP contribution in [0.4, 0.5) is 5.69 Å². The first-order chi connectivity index (χ1) is 18.7. The molecule has 0 aliphatic rings. The van der Waals surface area contributed by atoms with Crippen molar-refractivity contribution >= 4 is 50.7 Å². The highest BCUT2D eigenvalue weighted by Crippen LogP contribution is 2.35. The molecule has 0 spiro atoms. The van der Waals surface area contributed by atoms with Gasteiger partial charge in [-0.1, -0.05) is 53.5 Å². The number of rotatable bonds is 10. The standard InChI is InChI=1S/C29H33Cl2N3O5S/c1-20(28(36)32-29(2,3)4)33(18-21-10-9-11-22(30)16-21)27(35)19-34(25-17-23(31)14-15-26(25)39-5)40(37,38)24-12-7-6-8-13-24/h6-17,20H,18-19H2,1-5H3,(H,32,36)/t20-/m1/s1. The number of sulfonamides is 1. The van der Waals surface area contributed by atoms with Crippen LogP contribution in [0.5, 0.6) is 5.75 Å². The average molecular weight is 607 g/mol. The van der Waals surface area contributed by atoms with E-state index in [1.54, 1.807) is 55.5 Å². The molecular weight excluding hydrogens is 573 g/mol. The van der Waals surface area contributed by atoms with Crippen molar-refractivity contribution in [2.75, 3.05) is 18.0 Å². The van der Waals surface area contributed by atoms with E-state index in [2.05, 4.69) is 5.32 Å². The number of hydrogen-bond acceptors (Lipinski definition) is 5. The zero-order valence-electron chi connectivity index (χ0n) is 23.0. The van der Waals surface area contributed by atoms with E-state index in [4.69, 9.17) is 27.9 Å². The molecule has 0 unspecified atom stereocenters.